The van der Waals surface area contributed by atoms with Crippen LogP contribution in [0.3, 0.4) is 0 Å². The molecule has 0 bridgehead atoms. The Kier molecular flexibility index (Phi) is 5.93. The molecule has 0 aliphatic carbocycles. The molecule has 2 aromatic rings. The Labute approximate surface area is 144 Å². The van der Waals surface area contributed by atoms with Gasteiger partial charge in [0.2, 0.25) is 0 Å². The lowest BCUT2D eigenvalue weighted by Gasteiger charge is -2.09. The van der Waals surface area contributed by atoms with Crippen LogP contribution in [0.5, 0.6) is 0 Å². The predicted molar refractivity (Wildman–Crippen MR) is 95.9 cm³/mol. The van der Waals surface area contributed by atoms with E-state index in [1.165, 1.54) is 0 Å². The average Bonchev–Trinajstić information content (AvgIpc) is 2.55. The number of nitrogens with one attached hydrogen (secondary N) is 2. The lowest BCUT2D eigenvalue weighted by atomic mass is 10.1. The number of anilines is 1. The molecule has 0 saturated carbocycles. The van der Waals surface area contributed by atoms with Crippen molar-refractivity contribution in [2.45, 2.75) is 20.3 Å². The van der Waals surface area contributed by atoms with Gasteiger partial charge in [-0.1, -0.05) is 35.0 Å². The van der Waals surface area contributed by atoms with Crippen LogP contribution < -0.4 is 10.6 Å². The lowest BCUT2D eigenvalue weighted by molar-refractivity contribution is 0.0952. The first-order chi connectivity index (χ1) is 11.0. The molecule has 0 spiro atoms. The summed E-state index contributed by atoms with van der Waals surface area (Å²) in [5.41, 5.74) is 2.75. The van der Waals surface area contributed by atoms with Crippen molar-refractivity contribution >= 4 is 33.4 Å². The third-order valence-corrected chi connectivity index (χ3v) is 4.21. The second-order valence-electron chi connectivity index (χ2n) is 5.25. The van der Waals surface area contributed by atoms with Gasteiger partial charge in [-0.2, -0.15) is 0 Å². The first-order valence-corrected chi connectivity index (χ1v) is 8.26. The van der Waals surface area contributed by atoms with E-state index in [1.807, 2.05) is 19.9 Å². The molecule has 4 nitrogen and oxygen atoms in total. The molecule has 0 atom stereocenters. The molecule has 2 amide bonds. The molecule has 0 aliphatic heterocycles. The normalized spacial score (nSPS) is 10.2. The van der Waals surface area contributed by atoms with E-state index in [0.717, 1.165) is 16.5 Å². The quantitative estimate of drug-likeness (QED) is 0.825. The van der Waals surface area contributed by atoms with Crippen LogP contribution in [0.4, 0.5) is 5.69 Å². The second kappa shape index (κ2) is 7.92. The minimum Gasteiger partial charge on any atom is -0.352 e. The van der Waals surface area contributed by atoms with Gasteiger partial charge in [0.15, 0.2) is 0 Å². The van der Waals surface area contributed by atoms with E-state index >= 15 is 0 Å². The van der Waals surface area contributed by atoms with E-state index in [-0.39, 0.29) is 11.8 Å². The van der Waals surface area contributed by atoms with Crippen molar-refractivity contribution in [2.24, 2.45) is 0 Å². The lowest BCUT2D eigenvalue weighted by Crippen LogP contribution is -2.24. The number of rotatable bonds is 5. The minimum atomic E-state index is -0.211. The zero-order valence-electron chi connectivity index (χ0n) is 13.2. The molecule has 23 heavy (non-hydrogen) atoms. The maximum Gasteiger partial charge on any atom is 0.255 e. The van der Waals surface area contributed by atoms with Crippen LogP contribution in [0.2, 0.25) is 0 Å². The SMILES string of the molecule is CCCNC(=O)c1cccc(NC(=O)c2ccc(C)c(Br)c2)c1. The Hall–Kier alpha value is -2.14. The number of amides is 2. The number of halogens is 1. The zero-order chi connectivity index (χ0) is 16.8. The molecular formula is C18H19BrN2O2. The molecule has 0 unspecified atom stereocenters. The highest BCUT2D eigenvalue weighted by atomic mass is 79.9. The summed E-state index contributed by atoms with van der Waals surface area (Å²) in [7, 11) is 0. The van der Waals surface area contributed by atoms with Crippen molar-refractivity contribution in [3.8, 4) is 0 Å². The van der Waals surface area contributed by atoms with Gasteiger partial charge in [0.1, 0.15) is 0 Å². The standard InChI is InChI=1S/C18H19BrN2O2/c1-3-9-20-17(22)13-5-4-6-15(10-13)21-18(23)14-8-7-12(2)16(19)11-14/h4-8,10-11H,3,9H2,1-2H3,(H,20,22)(H,21,23). The van der Waals surface area contributed by atoms with Crippen LogP contribution in [0.1, 0.15) is 39.6 Å². The van der Waals surface area contributed by atoms with E-state index in [0.29, 0.717) is 23.4 Å². The van der Waals surface area contributed by atoms with E-state index in [2.05, 4.69) is 26.6 Å². The minimum absolute atomic E-state index is 0.138. The number of aryl methyl sites for hydroxylation is 1. The fraction of sp³-hybridized carbons (Fsp3) is 0.222. The first-order valence-electron chi connectivity index (χ1n) is 7.47. The van der Waals surface area contributed by atoms with Gasteiger partial charge >= 0.3 is 0 Å². The van der Waals surface area contributed by atoms with Crippen molar-refractivity contribution in [1.82, 2.24) is 5.32 Å². The third-order valence-electron chi connectivity index (χ3n) is 3.35. The molecule has 2 N–H and O–H groups in total. The molecule has 0 aliphatic rings. The highest BCUT2D eigenvalue weighted by Crippen LogP contribution is 2.19. The first kappa shape index (κ1) is 17.2. The van der Waals surface area contributed by atoms with Gasteiger partial charge < -0.3 is 10.6 Å². The highest BCUT2D eigenvalue weighted by Gasteiger charge is 2.10. The maximum absolute atomic E-state index is 12.3. The Morgan fingerprint density at radius 1 is 1.04 bits per heavy atom. The average molecular weight is 375 g/mol. The van der Waals surface area contributed by atoms with Gasteiger partial charge in [0.05, 0.1) is 0 Å². The number of hydrogen-bond donors (Lipinski definition) is 2. The monoisotopic (exact) mass is 374 g/mol. The van der Waals surface area contributed by atoms with Crippen molar-refractivity contribution in [2.75, 3.05) is 11.9 Å². The number of benzene rings is 2. The van der Waals surface area contributed by atoms with Gasteiger partial charge in [-0.3, -0.25) is 9.59 Å². The van der Waals surface area contributed by atoms with Crippen LogP contribution in [0.25, 0.3) is 0 Å². The van der Waals surface area contributed by atoms with Crippen LogP contribution >= 0.6 is 15.9 Å². The summed E-state index contributed by atoms with van der Waals surface area (Å²) in [6.07, 6.45) is 0.879. The van der Waals surface area contributed by atoms with E-state index in [4.69, 9.17) is 0 Å². The van der Waals surface area contributed by atoms with Crippen LogP contribution in [-0.2, 0) is 0 Å². The molecule has 0 radical (unpaired) electrons. The van der Waals surface area contributed by atoms with Crippen LogP contribution in [-0.4, -0.2) is 18.4 Å². The molecule has 120 valence electrons. The molecule has 0 saturated heterocycles. The number of carbonyl (C=O) groups excluding carboxylic acids is 2. The van der Waals surface area contributed by atoms with Gasteiger partial charge in [-0.15, -0.1) is 0 Å². The van der Waals surface area contributed by atoms with Crippen LogP contribution in [0.15, 0.2) is 46.9 Å². The Bertz CT molecular complexity index is 729. The smallest absolute Gasteiger partial charge is 0.255 e. The van der Waals surface area contributed by atoms with Gasteiger partial charge in [-0.05, 0) is 49.2 Å². The molecular weight excluding hydrogens is 356 g/mol. The predicted octanol–water partition coefficient (Wildman–Crippen LogP) is 4.15. The summed E-state index contributed by atoms with van der Waals surface area (Å²) >= 11 is 3.42. The topological polar surface area (TPSA) is 58.2 Å². The van der Waals surface area contributed by atoms with E-state index in [1.54, 1.807) is 36.4 Å². The maximum atomic E-state index is 12.3. The summed E-state index contributed by atoms with van der Waals surface area (Å²) in [6.45, 7) is 4.59. The van der Waals surface area contributed by atoms with Gasteiger partial charge in [0, 0.05) is 27.8 Å². The molecule has 0 aromatic heterocycles. The summed E-state index contributed by atoms with van der Waals surface area (Å²) in [5, 5.41) is 5.63. The van der Waals surface area contributed by atoms with Gasteiger partial charge in [0.25, 0.3) is 11.8 Å². The van der Waals surface area contributed by atoms with Crippen molar-refractivity contribution < 1.29 is 9.59 Å². The zero-order valence-corrected chi connectivity index (χ0v) is 14.7. The number of hydrogen-bond acceptors (Lipinski definition) is 2. The summed E-state index contributed by atoms with van der Waals surface area (Å²) < 4.78 is 0.887. The van der Waals surface area contributed by atoms with Crippen molar-refractivity contribution in [1.29, 1.82) is 0 Å². The molecule has 2 aromatic carbocycles. The Balaban J connectivity index is 2.12. The van der Waals surface area contributed by atoms with Crippen LogP contribution in [0, 0.1) is 6.92 Å². The summed E-state index contributed by atoms with van der Waals surface area (Å²) in [6, 6.07) is 12.3. The third kappa shape index (κ3) is 4.66. The molecule has 0 fully saturated rings. The van der Waals surface area contributed by atoms with E-state index < -0.39 is 0 Å². The highest BCUT2D eigenvalue weighted by molar-refractivity contribution is 9.10. The fourth-order valence-corrected chi connectivity index (χ4v) is 2.39. The summed E-state index contributed by atoms with van der Waals surface area (Å²) in [5.74, 6) is -0.349. The van der Waals surface area contributed by atoms with Gasteiger partial charge in [-0.25, -0.2) is 0 Å². The Morgan fingerprint density at radius 3 is 2.48 bits per heavy atom. The molecule has 5 heteroatoms. The largest absolute Gasteiger partial charge is 0.352 e. The van der Waals surface area contributed by atoms with Crippen molar-refractivity contribution in [3.05, 3.63) is 63.6 Å². The van der Waals surface area contributed by atoms with Crippen molar-refractivity contribution in [3.63, 3.8) is 0 Å². The Morgan fingerprint density at radius 2 is 1.78 bits per heavy atom. The second-order valence-corrected chi connectivity index (χ2v) is 6.11. The summed E-state index contributed by atoms with van der Waals surface area (Å²) in [4.78, 5) is 24.3. The number of carbonyl (C=O) groups is 2. The molecule has 2 rings (SSSR count). The fourth-order valence-electron chi connectivity index (χ4n) is 2.02. The molecule has 0 heterocycles. The van der Waals surface area contributed by atoms with E-state index in [9.17, 15) is 9.59 Å².